The minimum atomic E-state index is -0.0847. The first-order chi connectivity index (χ1) is 7.91. The summed E-state index contributed by atoms with van der Waals surface area (Å²) in [6.45, 7) is 7.90. The van der Waals surface area contributed by atoms with E-state index < -0.39 is 0 Å². The molecule has 1 rings (SSSR count). The van der Waals surface area contributed by atoms with Crippen LogP contribution in [-0.2, 0) is 20.0 Å². The standard InChI is InChI=1S/C12H22BrN3O/c1-5-9-11(13)10(16(4)15-9)6-14-7-12(2,3)8-17/h14,17H,5-8H2,1-4H3. The van der Waals surface area contributed by atoms with Crippen molar-refractivity contribution in [3.8, 4) is 0 Å². The van der Waals surface area contributed by atoms with E-state index in [2.05, 4.69) is 33.3 Å². The monoisotopic (exact) mass is 303 g/mol. The van der Waals surface area contributed by atoms with Gasteiger partial charge in [-0.3, -0.25) is 4.68 Å². The second kappa shape index (κ2) is 5.98. The highest BCUT2D eigenvalue weighted by atomic mass is 79.9. The fourth-order valence-corrected chi connectivity index (χ4v) is 2.34. The number of rotatable bonds is 6. The number of hydrogen-bond acceptors (Lipinski definition) is 3. The van der Waals surface area contributed by atoms with Crippen molar-refractivity contribution in [2.24, 2.45) is 12.5 Å². The minimum Gasteiger partial charge on any atom is -0.396 e. The molecular weight excluding hydrogens is 282 g/mol. The first-order valence-electron chi connectivity index (χ1n) is 5.93. The van der Waals surface area contributed by atoms with Gasteiger partial charge in [0.05, 0.1) is 15.9 Å². The Bertz CT molecular complexity index is 374. The normalized spacial score (nSPS) is 12.1. The van der Waals surface area contributed by atoms with Crippen LogP contribution in [0.1, 0.15) is 32.2 Å². The lowest BCUT2D eigenvalue weighted by Gasteiger charge is -2.22. The third kappa shape index (κ3) is 3.79. The Labute approximate surface area is 112 Å². The summed E-state index contributed by atoms with van der Waals surface area (Å²) in [6, 6.07) is 0. The van der Waals surface area contributed by atoms with Crippen molar-refractivity contribution in [1.29, 1.82) is 0 Å². The number of halogens is 1. The maximum absolute atomic E-state index is 9.18. The molecule has 1 heterocycles. The Hall–Kier alpha value is -0.390. The van der Waals surface area contributed by atoms with Gasteiger partial charge in [0.2, 0.25) is 0 Å². The number of aliphatic hydroxyl groups excluding tert-OH is 1. The van der Waals surface area contributed by atoms with E-state index in [0.717, 1.165) is 35.4 Å². The van der Waals surface area contributed by atoms with Gasteiger partial charge in [0.25, 0.3) is 0 Å². The highest BCUT2D eigenvalue weighted by Crippen LogP contribution is 2.21. The van der Waals surface area contributed by atoms with E-state index in [4.69, 9.17) is 0 Å². The molecule has 0 radical (unpaired) electrons. The smallest absolute Gasteiger partial charge is 0.0767 e. The van der Waals surface area contributed by atoms with Crippen LogP contribution in [-0.4, -0.2) is 28.0 Å². The molecule has 0 amide bonds. The fraction of sp³-hybridized carbons (Fsp3) is 0.750. The zero-order valence-corrected chi connectivity index (χ0v) is 12.6. The Morgan fingerprint density at radius 2 is 2.12 bits per heavy atom. The van der Waals surface area contributed by atoms with Crippen LogP contribution >= 0.6 is 15.9 Å². The molecule has 1 aromatic rings. The highest BCUT2D eigenvalue weighted by molar-refractivity contribution is 9.10. The van der Waals surface area contributed by atoms with Crippen molar-refractivity contribution in [2.45, 2.75) is 33.7 Å². The van der Waals surface area contributed by atoms with Gasteiger partial charge < -0.3 is 10.4 Å². The fourth-order valence-electron chi connectivity index (χ4n) is 1.59. The Morgan fingerprint density at radius 1 is 1.47 bits per heavy atom. The average molecular weight is 304 g/mol. The van der Waals surface area contributed by atoms with Crippen LogP contribution in [0.15, 0.2) is 4.47 Å². The predicted molar refractivity (Wildman–Crippen MR) is 72.9 cm³/mol. The molecule has 0 aliphatic carbocycles. The Morgan fingerprint density at radius 3 is 2.59 bits per heavy atom. The van der Waals surface area contributed by atoms with E-state index in [-0.39, 0.29) is 12.0 Å². The number of aliphatic hydroxyl groups is 1. The summed E-state index contributed by atoms with van der Waals surface area (Å²) in [5.41, 5.74) is 2.15. The molecule has 17 heavy (non-hydrogen) atoms. The van der Waals surface area contributed by atoms with Gasteiger partial charge in [-0.1, -0.05) is 20.8 Å². The van der Waals surface area contributed by atoms with Crippen molar-refractivity contribution >= 4 is 15.9 Å². The van der Waals surface area contributed by atoms with Gasteiger partial charge in [-0.05, 0) is 22.4 Å². The van der Waals surface area contributed by atoms with Crippen LogP contribution in [0, 0.1) is 5.41 Å². The molecule has 0 spiro atoms. The van der Waals surface area contributed by atoms with Gasteiger partial charge in [-0.15, -0.1) is 0 Å². The van der Waals surface area contributed by atoms with Crippen molar-refractivity contribution < 1.29 is 5.11 Å². The van der Waals surface area contributed by atoms with Crippen LogP contribution in [0.25, 0.3) is 0 Å². The molecule has 1 aromatic heterocycles. The van der Waals surface area contributed by atoms with E-state index in [9.17, 15) is 5.11 Å². The molecule has 0 saturated carbocycles. The summed E-state index contributed by atoms with van der Waals surface area (Å²) in [5.74, 6) is 0. The summed E-state index contributed by atoms with van der Waals surface area (Å²) >= 11 is 3.59. The molecule has 0 atom stereocenters. The van der Waals surface area contributed by atoms with Gasteiger partial charge >= 0.3 is 0 Å². The first kappa shape index (κ1) is 14.7. The second-order valence-corrected chi connectivity index (χ2v) is 5.90. The molecule has 98 valence electrons. The molecule has 5 heteroatoms. The topological polar surface area (TPSA) is 50.1 Å². The molecule has 0 unspecified atom stereocenters. The quantitative estimate of drug-likeness (QED) is 0.843. The Kier molecular flexibility index (Phi) is 5.16. The van der Waals surface area contributed by atoms with E-state index in [1.165, 1.54) is 0 Å². The maximum atomic E-state index is 9.18. The van der Waals surface area contributed by atoms with Crippen LogP contribution in [0.3, 0.4) is 0 Å². The summed E-state index contributed by atoms with van der Waals surface area (Å²) in [6.07, 6.45) is 0.927. The lowest BCUT2D eigenvalue weighted by atomic mass is 9.95. The van der Waals surface area contributed by atoms with Crippen LogP contribution in [0.5, 0.6) is 0 Å². The van der Waals surface area contributed by atoms with Gasteiger partial charge in [0.15, 0.2) is 0 Å². The zero-order chi connectivity index (χ0) is 13.1. The van der Waals surface area contributed by atoms with Crippen molar-refractivity contribution in [3.63, 3.8) is 0 Å². The minimum absolute atomic E-state index is 0.0847. The van der Waals surface area contributed by atoms with E-state index in [1.807, 2.05) is 25.6 Å². The molecule has 0 aliphatic rings. The summed E-state index contributed by atoms with van der Waals surface area (Å²) in [5, 5.41) is 17.0. The lowest BCUT2D eigenvalue weighted by Crippen LogP contribution is -2.32. The third-order valence-corrected chi connectivity index (χ3v) is 3.74. The van der Waals surface area contributed by atoms with Gasteiger partial charge in [-0.25, -0.2) is 0 Å². The highest BCUT2D eigenvalue weighted by Gasteiger charge is 2.17. The van der Waals surface area contributed by atoms with Gasteiger partial charge in [0, 0.05) is 32.2 Å². The zero-order valence-electron chi connectivity index (χ0n) is 11.0. The first-order valence-corrected chi connectivity index (χ1v) is 6.72. The van der Waals surface area contributed by atoms with Gasteiger partial charge in [-0.2, -0.15) is 5.10 Å². The molecule has 0 aromatic carbocycles. The lowest BCUT2D eigenvalue weighted by molar-refractivity contribution is 0.156. The molecule has 0 aliphatic heterocycles. The SMILES string of the molecule is CCc1nn(C)c(CNCC(C)(C)CO)c1Br. The molecule has 0 saturated heterocycles. The summed E-state index contributed by atoms with van der Waals surface area (Å²) < 4.78 is 3.00. The van der Waals surface area contributed by atoms with Gasteiger partial charge in [0.1, 0.15) is 0 Å². The third-order valence-electron chi connectivity index (χ3n) is 2.83. The molecular formula is C12H22BrN3O. The van der Waals surface area contributed by atoms with Crippen molar-refractivity contribution in [2.75, 3.05) is 13.2 Å². The average Bonchev–Trinajstić information content (AvgIpc) is 2.56. The largest absolute Gasteiger partial charge is 0.396 e. The summed E-state index contributed by atoms with van der Waals surface area (Å²) in [7, 11) is 1.96. The number of aryl methyl sites for hydroxylation is 2. The maximum Gasteiger partial charge on any atom is 0.0767 e. The second-order valence-electron chi connectivity index (χ2n) is 5.11. The Balaban J connectivity index is 2.61. The van der Waals surface area contributed by atoms with Crippen molar-refractivity contribution in [1.82, 2.24) is 15.1 Å². The molecule has 2 N–H and O–H groups in total. The van der Waals surface area contributed by atoms with Crippen molar-refractivity contribution in [3.05, 3.63) is 15.9 Å². The van der Waals surface area contributed by atoms with E-state index in [1.54, 1.807) is 0 Å². The van der Waals surface area contributed by atoms with E-state index >= 15 is 0 Å². The number of aromatic nitrogens is 2. The van der Waals surface area contributed by atoms with Crippen LogP contribution in [0.4, 0.5) is 0 Å². The predicted octanol–water partition coefficient (Wildman–Crippen LogP) is 1.85. The van der Waals surface area contributed by atoms with Crippen LogP contribution < -0.4 is 5.32 Å². The molecule has 0 fully saturated rings. The molecule has 4 nitrogen and oxygen atoms in total. The molecule has 0 bridgehead atoms. The number of nitrogens with one attached hydrogen (secondary N) is 1. The van der Waals surface area contributed by atoms with Crippen LogP contribution in [0.2, 0.25) is 0 Å². The number of nitrogens with zero attached hydrogens (tertiary/aromatic N) is 2. The summed E-state index contributed by atoms with van der Waals surface area (Å²) in [4.78, 5) is 0. The van der Waals surface area contributed by atoms with E-state index in [0.29, 0.717) is 0 Å². The number of hydrogen-bond donors (Lipinski definition) is 2.